The molecule has 0 aliphatic heterocycles. The van der Waals surface area contributed by atoms with Gasteiger partial charge in [0.05, 0.1) is 19.3 Å². The van der Waals surface area contributed by atoms with Gasteiger partial charge in [0, 0.05) is 12.4 Å². The molecule has 0 aliphatic carbocycles. The zero-order valence-corrected chi connectivity index (χ0v) is 15.5. The van der Waals surface area contributed by atoms with E-state index in [1.54, 1.807) is 63.7 Å². The van der Waals surface area contributed by atoms with Gasteiger partial charge in [-0.3, -0.25) is 9.29 Å². The highest BCUT2D eigenvalue weighted by atomic mass is 32.2. The topological polar surface area (TPSA) is 85.5 Å². The van der Waals surface area contributed by atoms with Crippen molar-refractivity contribution in [3.05, 3.63) is 65.8 Å². The Morgan fingerprint density at radius 3 is 2.42 bits per heavy atom. The van der Waals surface area contributed by atoms with Crippen molar-refractivity contribution in [3.63, 3.8) is 0 Å². The highest BCUT2D eigenvalue weighted by Gasteiger charge is 2.31. The third-order valence-corrected chi connectivity index (χ3v) is 5.94. The van der Waals surface area contributed by atoms with Crippen LogP contribution in [0.3, 0.4) is 0 Å². The van der Waals surface area contributed by atoms with E-state index in [9.17, 15) is 8.42 Å². The van der Waals surface area contributed by atoms with Crippen molar-refractivity contribution >= 4 is 15.7 Å². The minimum atomic E-state index is -3.88. The number of hydrogen-bond acceptors (Lipinski definition) is 6. The Morgan fingerprint density at radius 2 is 1.88 bits per heavy atom. The van der Waals surface area contributed by atoms with Crippen LogP contribution in [0.4, 0.5) is 5.69 Å². The Hall–Kier alpha value is -2.87. The lowest BCUT2D eigenvalue weighted by molar-refractivity contribution is 0.390. The van der Waals surface area contributed by atoms with Crippen LogP contribution in [-0.2, 0) is 16.6 Å². The summed E-state index contributed by atoms with van der Waals surface area (Å²) in [7, 11) is -2.32. The highest BCUT2D eigenvalue weighted by Crippen LogP contribution is 2.30. The molecular weight excluding hydrogens is 354 g/mol. The molecule has 0 saturated heterocycles. The predicted octanol–water partition coefficient (Wildman–Crippen LogP) is 3.09. The Bertz CT molecular complexity index is 964. The molecular formula is C18H19N3O4S. The first-order chi connectivity index (χ1) is 12.4. The standard InChI is InChI=1S/C18H19N3O4S/c1-13-18(14(2)25-20-13)26(22,23)21(12-15-5-4-10-19-11-15)16-6-8-17(24-3)9-7-16/h4-11H,12H2,1-3H3. The number of sulfonamides is 1. The molecule has 0 aliphatic rings. The number of aromatic nitrogens is 2. The Labute approximate surface area is 152 Å². The molecule has 26 heavy (non-hydrogen) atoms. The summed E-state index contributed by atoms with van der Waals surface area (Å²) in [4.78, 5) is 4.15. The molecule has 0 bridgehead atoms. The van der Waals surface area contributed by atoms with Crippen molar-refractivity contribution in [2.24, 2.45) is 0 Å². The fraction of sp³-hybridized carbons (Fsp3) is 0.222. The predicted molar refractivity (Wildman–Crippen MR) is 96.6 cm³/mol. The maximum Gasteiger partial charge on any atom is 0.270 e. The van der Waals surface area contributed by atoms with Crippen molar-refractivity contribution in [1.29, 1.82) is 0 Å². The van der Waals surface area contributed by atoms with Gasteiger partial charge in [-0.1, -0.05) is 11.2 Å². The Morgan fingerprint density at radius 1 is 1.15 bits per heavy atom. The maximum atomic E-state index is 13.4. The van der Waals surface area contributed by atoms with Gasteiger partial charge in [0.15, 0.2) is 10.7 Å². The van der Waals surface area contributed by atoms with E-state index >= 15 is 0 Å². The number of rotatable bonds is 6. The lowest BCUT2D eigenvalue weighted by atomic mass is 10.2. The lowest BCUT2D eigenvalue weighted by Gasteiger charge is -2.24. The van der Waals surface area contributed by atoms with Gasteiger partial charge in [-0.2, -0.15) is 0 Å². The van der Waals surface area contributed by atoms with E-state index < -0.39 is 10.0 Å². The first kappa shape index (κ1) is 17.9. The van der Waals surface area contributed by atoms with Crippen LogP contribution in [0, 0.1) is 13.8 Å². The summed E-state index contributed by atoms with van der Waals surface area (Å²) in [6.07, 6.45) is 3.28. The van der Waals surface area contributed by atoms with E-state index in [0.29, 0.717) is 17.1 Å². The summed E-state index contributed by atoms with van der Waals surface area (Å²) >= 11 is 0. The molecule has 0 fully saturated rings. The lowest BCUT2D eigenvalue weighted by Crippen LogP contribution is -2.31. The number of aryl methyl sites for hydroxylation is 2. The number of nitrogens with zero attached hydrogens (tertiary/aromatic N) is 3. The van der Waals surface area contributed by atoms with Crippen molar-refractivity contribution in [1.82, 2.24) is 10.1 Å². The van der Waals surface area contributed by atoms with E-state index in [-0.39, 0.29) is 17.2 Å². The van der Waals surface area contributed by atoms with Crippen molar-refractivity contribution < 1.29 is 17.7 Å². The molecule has 0 spiro atoms. The molecule has 136 valence electrons. The largest absolute Gasteiger partial charge is 0.497 e. The van der Waals surface area contributed by atoms with Crippen LogP contribution < -0.4 is 9.04 Å². The molecule has 1 aromatic carbocycles. The molecule has 0 saturated carbocycles. The van der Waals surface area contributed by atoms with Gasteiger partial charge in [0.2, 0.25) is 0 Å². The third kappa shape index (κ3) is 3.41. The SMILES string of the molecule is COc1ccc(N(Cc2cccnc2)S(=O)(=O)c2c(C)noc2C)cc1. The molecule has 3 rings (SSSR count). The summed E-state index contributed by atoms with van der Waals surface area (Å²) < 4.78 is 38.3. The molecule has 2 aromatic heterocycles. The number of benzene rings is 1. The second-order valence-electron chi connectivity index (χ2n) is 5.72. The van der Waals surface area contributed by atoms with Gasteiger partial charge < -0.3 is 9.26 Å². The van der Waals surface area contributed by atoms with Gasteiger partial charge in [-0.25, -0.2) is 8.42 Å². The summed E-state index contributed by atoms with van der Waals surface area (Å²) in [5.41, 5.74) is 1.60. The fourth-order valence-corrected chi connectivity index (χ4v) is 4.42. The number of methoxy groups -OCH3 is 1. The Kier molecular flexibility index (Phi) is 4.94. The zero-order valence-electron chi connectivity index (χ0n) is 14.7. The molecule has 0 amide bonds. The molecule has 8 heteroatoms. The molecule has 7 nitrogen and oxygen atoms in total. The fourth-order valence-electron chi connectivity index (χ4n) is 2.67. The van der Waals surface area contributed by atoms with Crippen LogP contribution in [0.1, 0.15) is 17.0 Å². The summed E-state index contributed by atoms with van der Waals surface area (Å²) in [6.45, 7) is 3.33. The minimum absolute atomic E-state index is 0.0807. The molecule has 2 heterocycles. The van der Waals surface area contributed by atoms with Gasteiger partial charge in [0.1, 0.15) is 11.4 Å². The van der Waals surface area contributed by atoms with Crippen molar-refractivity contribution in [2.75, 3.05) is 11.4 Å². The number of ether oxygens (including phenoxy) is 1. The smallest absolute Gasteiger partial charge is 0.270 e. The van der Waals surface area contributed by atoms with Gasteiger partial charge in [-0.05, 0) is 49.7 Å². The zero-order chi connectivity index (χ0) is 18.7. The summed E-state index contributed by atoms with van der Waals surface area (Å²) in [6, 6.07) is 10.4. The second-order valence-corrected chi connectivity index (χ2v) is 7.52. The minimum Gasteiger partial charge on any atom is -0.497 e. The molecule has 0 radical (unpaired) electrons. The van der Waals surface area contributed by atoms with Crippen LogP contribution >= 0.6 is 0 Å². The number of anilines is 1. The molecule has 0 N–H and O–H groups in total. The van der Waals surface area contributed by atoms with E-state index in [0.717, 1.165) is 5.56 Å². The molecule has 0 unspecified atom stereocenters. The van der Waals surface area contributed by atoms with Crippen LogP contribution in [0.2, 0.25) is 0 Å². The van der Waals surface area contributed by atoms with Gasteiger partial charge in [-0.15, -0.1) is 0 Å². The van der Waals surface area contributed by atoms with Crippen LogP contribution in [-0.4, -0.2) is 25.7 Å². The monoisotopic (exact) mass is 373 g/mol. The average molecular weight is 373 g/mol. The van der Waals surface area contributed by atoms with E-state index in [4.69, 9.17) is 9.26 Å². The van der Waals surface area contributed by atoms with E-state index in [1.165, 1.54) is 4.31 Å². The first-order valence-corrected chi connectivity index (χ1v) is 9.36. The highest BCUT2D eigenvalue weighted by molar-refractivity contribution is 7.92. The van der Waals surface area contributed by atoms with Gasteiger partial charge >= 0.3 is 0 Å². The first-order valence-electron chi connectivity index (χ1n) is 7.92. The summed E-state index contributed by atoms with van der Waals surface area (Å²) in [5.74, 6) is 0.900. The Balaban J connectivity index is 2.10. The van der Waals surface area contributed by atoms with Gasteiger partial charge in [0.25, 0.3) is 10.0 Å². The van der Waals surface area contributed by atoms with E-state index in [1.807, 2.05) is 6.07 Å². The third-order valence-electron chi connectivity index (χ3n) is 3.93. The number of hydrogen-bond donors (Lipinski definition) is 0. The quantitative estimate of drug-likeness (QED) is 0.660. The molecule has 3 aromatic rings. The van der Waals surface area contributed by atoms with Crippen molar-refractivity contribution in [2.45, 2.75) is 25.3 Å². The van der Waals surface area contributed by atoms with Crippen LogP contribution in [0.5, 0.6) is 5.75 Å². The number of pyridine rings is 1. The van der Waals surface area contributed by atoms with Crippen LogP contribution in [0.25, 0.3) is 0 Å². The molecule has 0 atom stereocenters. The summed E-state index contributed by atoms with van der Waals surface area (Å²) in [5, 5.41) is 3.78. The second kappa shape index (κ2) is 7.17. The van der Waals surface area contributed by atoms with E-state index in [2.05, 4.69) is 10.1 Å². The van der Waals surface area contributed by atoms with Crippen molar-refractivity contribution in [3.8, 4) is 5.75 Å². The normalized spacial score (nSPS) is 11.3. The van der Waals surface area contributed by atoms with Crippen LogP contribution in [0.15, 0.2) is 58.2 Å². The maximum absolute atomic E-state index is 13.4. The average Bonchev–Trinajstić information content (AvgIpc) is 2.99.